The molecule has 2 atom stereocenters. The number of carbonyl (C=O) groups is 1. The van der Waals surface area contributed by atoms with E-state index in [2.05, 4.69) is 22.5 Å². The van der Waals surface area contributed by atoms with Gasteiger partial charge in [-0.3, -0.25) is 4.79 Å². The van der Waals surface area contributed by atoms with Gasteiger partial charge in [-0.2, -0.15) is 0 Å². The second-order valence-corrected chi connectivity index (χ2v) is 4.95. The zero-order chi connectivity index (χ0) is 13.7. The minimum atomic E-state index is -0.168. The molecule has 1 amide bonds. The van der Waals surface area contributed by atoms with Crippen molar-refractivity contribution in [2.24, 2.45) is 5.92 Å². The van der Waals surface area contributed by atoms with Crippen molar-refractivity contribution in [3.05, 3.63) is 23.5 Å². The van der Waals surface area contributed by atoms with Gasteiger partial charge in [0.05, 0.1) is 19.1 Å². The molecule has 0 saturated carbocycles. The molecule has 1 aromatic rings. The fraction of sp³-hybridized carbons (Fsp3) is 0.538. The zero-order valence-corrected chi connectivity index (χ0v) is 11.6. The van der Waals surface area contributed by atoms with E-state index >= 15 is 0 Å². The number of rotatable bonds is 5. The first-order valence-corrected chi connectivity index (χ1v) is 6.82. The molecule has 2 rings (SSSR count). The van der Waals surface area contributed by atoms with Crippen molar-refractivity contribution >= 4 is 23.2 Å². The molecule has 2 N–H and O–H groups in total. The lowest BCUT2D eigenvalue weighted by Gasteiger charge is -2.18. The summed E-state index contributed by atoms with van der Waals surface area (Å²) in [6.45, 7) is 4.01. The summed E-state index contributed by atoms with van der Waals surface area (Å²) < 4.78 is 5.39. The van der Waals surface area contributed by atoms with E-state index in [0.29, 0.717) is 24.1 Å². The summed E-state index contributed by atoms with van der Waals surface area (Å²) >= 11 is 5.79. The topological polar surface area (TPSA) is 63.2 Å². The van der Waals surface area contributed by atoms with Crippen molar-refractivity contribution in [2.75, 3.05) is 25.1 Å². The Balaban J connectivity index is 1.95. The third-order valence-corrected chi connectivity index (χ3v) is 3.27. The number of ether oxygens (including phenoxy) is 1. The van der Waals surface area contributed by atoms with Gasteiger partial charge in [0, 0.05) is 17.9 Å². The largest absolute Gasteiger partial charge is 0.379 e. The Morgan fingerprint density at radius 3 is 3.16 bits per heavy atom. The van der Waals surface area contributed by atoms with Gasteiger partial charge in [0.1, 0.15) is 5.15 Å². The average molecular weight is 284 g/mol. The molecule has 6 heteroatoms. The molecule has 0 aliphatic carbocycles. The molecule has 2 heterocycles. The normalized spacial score (nSPS) is 22.4. The fourth-order valence-electron chi connectivity index (χ4n) is 2.06. The number of hydrogen-bond donors (Lipinski definition) is 2. The number of aromatic nitrogens is 1. The summed E-state index contributed by atoms with van der Waals surface area (Å²) in [7, 11) is 0. The molecule has 1 fully saturated rings. The van der Waals surface area contributed by atoms with Crippen LogP contribution in [0.2, 0.25) is 5.15 Å². The number of hydrogen-bond acceptors (Lipinski definition) is 4. The smallest absolute Gasteiger partial charge is 0.231 e. The van der Waals surface area contributed by atoms with Crippen molar-refractivity contribution in [1.82, 2.24) is 10.3 Å². The van der Waals surface area contributed by atoms with Gasteiger partial charge in [0.2, 0.25) is 5.91 Å². The lowest BCUT2D eigenvalue weighted by atomic mass is 10.0. The van der Waals surface area contributed by atoms with Crippen LogP contribution in [0.1, 0.15) is 13.3 Å². The third-order valence-electron chi connectivity index (χ3n) is 3.07. The quantitative estimate of drug-likeness (QED) is 0.807. The molecule has 19 heavy (non-hydrogen) atoms. The number of nitrogens with one attached hydrogen (secondary N) is 2. The highest BCUT2D eigenvalue weighted by atomic mass is 35.5. The molecule has 104 valence electrons. The van der Waals surface area contributed by atoms with Crippen LogP contribution in [0.4, 0.5) is 5.69 Å². The first-order chi connectivity index (χ1) is 9.20. The minimum absolute atomic E-state index is 0.0478. The highest BCUT2D eigenvalue weighted by Crippen LogP contribution is 2.18. The third kappa shape index (κ3) is 3.89. The van der Waals surface area contributed by atoms with Crippen LogP contribution < -0.4 is 10.6 Å². The molecule has 2 unspecified atom stereocenters. The van der Waals surface area contributed by atoms with Crippen LogP contribution in [0, 0.1) is 5.92 Å². The monoisotopic (exact) mass is 283 g/mol. The summed E-state index contributed by atoms with van der Waals surface area (Å²) in [5.74, 6) is -0.216. The Bertz CT molecular complexity index is 442. The molecule has 1 aliphatic rings. The van der Waals surface area contributed by atoms with Crippen LogP contribution in [0.15, 0.2) is 18.3 Å². The van der Waals surface area contributed by atoms with Gasteiger partial charge < -0.3 is 15.4 Å². The summed E-state index contributed by atoms with van der Waals surface area (Å²) in [5.41, 5.74) is 0.658. The fourth-order valence-corrected chi connectivity index (χ4v) is 2.23. The van der Waals surface area contributed by atoms with E-state index in [1.165, 1.54) is 0 Å². The van der Waals surface area contributed by atoms with Crippen LogP contribution in [0.5, 0.6) is 0 Å². The second-order valence-electron chi connectivity index (χ2n) is 4.56. The molecular formula is C13H18ClN3O2. The average Bonchev–Trinajstić information content (AvgIpc) is 2.84. The van der Waals surface area contributed by atoms with Gasteiger partial charge in [-0.15, -0.1) is 0 Å². The zero-order valence-electron chi connectivity index (χ0n) is 10.9. The van der Waals surface area contributed by atoms with Gasteiger partial charge in [0.15, 0.2) is 0 Å². The predicted molar refractivity (Wildman–Crippen MR) is 74.3 cm³/mol. The molecule has 1 saturated heterocycles. The number of nitrogens with zero attached hydrogens (tertiary/aromatic N) is 1. The standard InChI is InChI=1S/C13H18ClN3O2/c1-2-4-15-11-8-19-7-10(11)13(18)17-9-3-5-16-12(14)6-9/h3,5-6,10-11,15H,2,4,7-8H2,1H3,(H,16,17,18). The molecule has 0 radical (unpaired) electrons. The maximum atomic E-state index is 12.2. The summed E-state index contributed by atoms with van der Waals surface area (Å²) in [6, 6.07) is 3.43. The number of pyridine rings is 1. The van der Waals surface area contributed by atoms with Crippen LogP contribution in [0.3, 0.4) is 0 Å². The first-order valence-electron chi connectivity index (χ1n) is 6.44. The van der Waals surface area contributed by atoms with Crippen molar-refractivity contribution in [3.63, 3.8) is 0 Å². The highest BCUT2D eigenvalue weighted by Gasteiger charge is 2.33. The van der Waals surface area contributed by atoms with Crippen LogP contribution in [-0.4, -0.2) is 36.7 Å². The van der Waals surface area contributed by atoms with Crippen LogP contribution in [0.25, 0.3) is 0 Å². The Hall–Kier alpha value is -1.17. The molecular weight excluding hydrogens is 266 g/mol. The molecule has 1 aromatic heterocycles. The Morgan fingerprint density at radius 1 is 1.58 bits per heavy atom. The van der Waals surface area contributed by atoms with Gasteiger partial charge >= 0.3 is 0 Å². The first kappa shape index (κ1) is 14.2. The van der Waals surface area contributed by atoms with Crippen molar-refractivity contribution in [2.45, 2.75) is 19.4 Å². The van der Waals surface area contributed by atoms with Crippen molar-refractivity contribution < 1.29 is 9.53 Å². The molecule has 0 spiro atoms. The molecule has 1 aliphatic heterocycles. The van der Waals surface area contributed by atoms with E-state index in [-0.39, 0.29) is 17.9 Å². The maximum absolute atomic E-state index is 12.2. The molecule has 0 bridgehead atoms. The lowest BCUT2D eigenvalue weighted by molar-refractivity contribution is -0.120. The maximum Gasteiger partial charge on any atom is 0.231 e. The summed E-state index contributed by atoms with van der Waals surface area (Å²) in [4.78, 5) is 16.1. The van der Waals surface area contributed by atoms with Gasteiger partial charge in [-0.1, -0.05) is 18.5 Å². The number of amides is 1. The van der Waals surface area contributed by atoms with E-state index in [1.807, 2.05) is 0 Å². The SMILES string of the molecule is CCCNC1COCC1C(=O)Nc1ccnc(Cl)c1. The predicted octanol–water partition coefficient (Wildman–Crippen LogP) is 1.69. The van der Waals surface area contributed by atoms with Crippen LogP contribution >= 0.6 is 11.6 Å². The van der Waals surface area contributed by atoms with Gasteiger partial charge in [0.25, 0.3) is 0 Å². The summed E-state index contributed by atoms with van der Waals surface area (Å²) in [6.07, 6.45) is 2.60. The van der Waals surface area contributed by atoms with E-state index in [4.69, 9.17) is 16.3 Å². The number of halogens is 1. The van der Waals surface area contributed by atoms with E-state index in [1.54, 1.807) is 18.3 Å². The Morgan fingerprint density at radius 2 is 2.42 bits per heavy atom. The van der Waals surface area contributed by atoms with E-state index in [0.717, 1.165) is 13.0 Å². The van der Waals surface area contributed by atoms with Crippen molar-refractivity contribution in [3.8, 4) is 0 Å². The Labute approximate surface area is 117 Å². The minimum Gasteiger partial charge on any atom is -0.379 e. The molecule has 0 aromatic carbocycles. The second kappa shape index (κ2) is 6.84. The molecule has 5 nitrogen and oxygen atoms in total. The highest BCUT2D eigenvalue weighted by molar-refractivity contribution is 6.29. The van der Waals surface area contributed by atoms with Gasteiger partial charge in [-0.25, -0.2) is 4.98 Å². The number of anilines is 1. The lowest BCUT2D eigenvalue weighted by Crippen LogP contribution is -2.41. The van der Waals surface area contributed by atoms with Crippen molar-refractivity contribution in [1.29, 1.82) is 0 Å². The van der Waals surface area contributed by atoms with E-state index in [9.17, 15) is 4.79 Å². The van der Waals surface area contributed by atoms with Crippen LogP contribution in [-0.2, 0) is 9.53 Å². The van der Waals surface area contributed by atoms with E-state index < -0.39 is 0 Å². The summed E-state index contributed by atoms with van der Waals surface area (Å²) in [5, 5.41) is 6.55. The Kier molecular flexibility index (Phi) is 5.13. The number of carbonyl (C=O) groups excluding carboxylic acids is 1. The van der Waals surface area contributed by atoms with Gasteiger partial charge in [-0.05, 0) is 25.1 Å².